The molecule has 0 spiro atoms. The Hall–Kier alpha value is -2.08. The molecule has 1 aromatic rings. The third kappa shape index (κ3) is 2.46. The van der Waals surface area contributed by atoms with Gasteiger partial charge in [-0.1, -0.05) is 5.92 Å². The Bertz CT molecular complexity index is 396. The quantitative estimate of drug-likeness (QED) is 0.517. The molecule has 0 saturated carbocycles. The largest absolute Gasteiger partial charge is 0.355 e. The Labute approximate surface area is 82.1 Å². The van der Waals surface area contributed by atoms with E-state index in [0.717, 1.165) is 0 Å². The average molecular weight is 187 g/mol. The highest BCUT2D eigenvalue weighted by molar-refractivity contribution is 5.94. The molecule has 1 rings (SSSR count). The van der Waals surface area contributed by atoms with Crippen molar-refractivity contribution in [3.8, 4) is 11.8 Å². The maximum absolute atomic E-state index is 11.1. The molecular weight excluding hydrogens is 178 g/mol. The van der Waals surface area contributed by atoms with Crippen LogP contribution in [-0.4, -0.2) is 19.2 Å². The van der Waals surface area contributed by atoms with Gasteiger partial charge in [-0.2, -0.15) is 0 Å². The average Bonchev–Trinajstić information content (AvgIpc) is 2.26. The molecule has 0 bridgehead atoms. The highest BCUT2D eigenvalue weighted by Gasteiger charge is 2.00. The molecule has 1 aromatic carbocycles. The van der Waals surface area contributed by atoms with E-state index in [2.05, 4.69) is 17.2 Å². The van der Waals surface area contributed by atoms with E-state index in [0.29, 0.717) is 17.4 Å². The van der Waals surface area contributed by atoms with Gasteiger partial charge in [-0.25, -0.2) is 0 Å². The molecule has 3 heteroatoms. The van der Waals surface area contributed by atoms with Gasteiger partial charge < -0.3 is 5.32 Å². The molecule has 0 saturated heterocycles. The van der Waals surface area contributed by atoms with Crippen molar-refractivity contribution in [2.75, 3.05) is 7.05 Å². The van der Waals surface area contributed by atoms with Gasteiger partial charge in [-0.3, -0.25) is 9.59 Å². The van der Waals surface area contributed by atoms with Crippen LogP contribution in [0.4, 0.5) is 0 Å². The molecule has 0 unspecified atom stereocenters. The fourth-order valence-electron chi connectivity index (χ4n) is 0.962. The highest BCUT2D eigenvalue weighted by atomic mass is 16.1. The van der Waals surface area contributed by atoms with Crippen LogP contribution in [0.15, 0.2) is 24.3 Å². The van der Waals surface area contributed by atoms with Gasteiger partial charge in [0.05, 0.1) is 0 Å². The molecule has 0 radical (unpaired) electrons. The first-order chi connectivity index (χ1) is 6.77. The summed E-state index contributed by atoms with van der Waals surface area (Å²) in [6.45, 7) is 0. The summed E-state index contributed by atoms with van der Waals surface area (Å²) in [5.41, 5.74) is 1.29. The second-order valence-corrected chi connectivity index (χ2v) is 2.54. The summed E-state index contributed by atoms with van der Waals surface area (Å²) in [6, 6.07) is 6.71. The molecule has 0 aliphatic carbocycles. The first-order valence-electron chi connectivity index (χ1n) is 4.05. The molecule has 0 fully saturated rings. The van der Waals surface area contributed by atoms with Crippen molar-refractivity contribution in [1.29, 1.82) is 0 Å². The van der Waals surface area contributed by atoms with Gasteiger partial charge in [-0.05, 0) is 30.2 Å². The Morgan fingerprint density at radius 1 is 1.36 bits per heavy atom. The van der Waals surface area contributed by atoms with Crippen LogP contribution in [0.25, 0.3) is 0 Å². The van der Waals surface area contributed by atoms with Crippen LogP contribution in [0.2, 0.25) is 0 Å². The van der Waals surface area contributed by atoms with Gasteiger partial charge in [0, 0.05) is 18.2 Å². The Kier molecular flexibility index (Phi) is 3.45. The zero-order valence-corrected chi connectivity index (χ0v) is 7.70. The number of hydrogen-bond donors (Lipinski definition) is 1. The molecular formula is C11H9NO2. The van der Waals surface area contributed by atoms with Gasteiger partial charge in [-0.15, -0.1) is 0 Å². The molecule has 14 heavy (non-hydrogen) atoms. The number of benzene rings is 1. The lowest BCUT2D eigenvalue weighted by molar-refractivity contribution is -0.103. The van der Waals surface area contributed by atoms with E-state index in [9.17, 15) is 9.59 Å². The maximum atomic E-state index is 11.1. The number of amides is 1. The number of rotatable bonds is 1. The standard InChI is InChI=1S/C11H9NO2/c1-12-11(14)10-6-4-9(5-7-10)3-2-8-13/h4-8H,1H3,(H,12,14). The Morgan fingerprint density at radius 2 is 2.00 bits per heavy atom. The van der Waals surface area contributed by atoms with E-state index >= 15 is 0 Å². The fraction of sp³-hybridized carbons (Fsp3) is 0.0909. The van der Waals surface area contributed by atoms with Gasteiger partial charge in [0.1, 0.15) is 0 Å². The number of nitrogens with one attached hydrogen (secondary N) is 1. The van der Waals surface area contributed by atoms with Crippen LogP contribution < -0.4 is 5.32 Å². The van der Waals surface area contributed by atoms with Gasteiger partial charge in [0.25, 0.3) is 5.91 Å². The molecule has 70 valence electrons. The summed E-state index contributed by atoms with van der Waals surface area (Å²) in [5, 5.41) is 2.51. The smallest absolute Gasteiger partial charge is 0.251 e. The number of carbonyl (C=O) groups excluding carboxylic acids is 2. The van der Waals surface area contributed by atoms with Crippen molar-refractivity contribution in [2.45, 2.75) is 0 Å². The predicted octanol–water partition coefficient (Wildman–Crippen LogP) is 0.597. The Morgan fingerprint density at radius 3 is 2.50 bits per heavy atom. The predicted molar refractivity (Wildman–Crippen MR) is 52.8 cm³/mol. The molecule has 0 atom stereocenters. The van der Waals surface area contributed by atoms with Crippen LogP contribution in [0.5, 0.6) is 0 Å². The summed E-state index contributed by atoms with van der Waals surface area (Å²) < 4.78 is 0. The minimum atomic E-state index is -0.139. The molecule has 0 heterocycles. The number of carbonyl (C=O) groups is 2. The van der Waals surface area contributed by atoms with Crippen molar-refractivity contribution < 1.29 is 9.59 Å². The summed E-state index contributed by atoms with van der Waals surface area (Å²) in [6.07, 6.45) is 0.534. The zero-order valence-electron chi connectivity index (χ0n) is 7.70. The van der Waals surface area contributed by atoms with E-state index in [1.165, 1.54) is 0 Å². The van der Waals surface area contributed by atoms with E-state index in [-0.39, 0.29) is 5.91 Å². The van der Waals surface area contributed by atoms with E-state index in [1.54, 1.807) is 31.3 Å². The first-order valence-corrected chi connectivity index (χ1v) is 4.05. The first kappa shape index (κ1) is 10.0. The van der Waals surface area contributed by atoms with E-state index < -0.39 is 0 Å². The van der Waals surface area contributed by atoms with Crippen molar-refractivity contribution in [3.05, 3.63) is 35.4 Å². The third-order valence-electron chi connectivity index (χ3n) is 1.65. The van der Waals surface area contributed by atoms with E-state index in [4.69, 9.17) is 0 Å². The molecule has 3 nitrogen and oxygen atoms in total. The normalized spacial score (nSPS) is 8.36. The summed E-state index contributed by atoms with van der Waals surface area (Å²) in [7, 11) is 1.57. The number of aldehydes is 1. The Balaban J connectivity index is 2.88. The molecule has 0 aliphatic heterocycles. The van der Waals surface area contributed by atoms with Crippen molar-refractivity contribution in [2.24, 2.45) is 0 Å². The SMILES string of the molecule is CNC(=O)c1ccc(C#CC=O)cc1. The topological polar surface area (TPSA) is 46.2 Å². The monoisotopic (exact) mass is 187 g/mol. The van der Waals surface area contributed by atoms with Crippen molar-refractivity contribution in [3.63, 3.8) is 0 Å². The van der Waals surface area contributed by atoms with Crippen LogP contribution in [0.1, 0.15) is 15.9 Å². The third-order valence-corrected chi connectivity index (χ3v) is 1.65. The lowest BCUT2D eigenvalue weighted by atomic mass is 10.1. The van der Waals surface area contributed by atoms with Crippen LogP contribution >= 0.6 is 0 Å². The number of hydrogen-bond acceptors (Lipinski definition) is 2. The van der Waals surface area contributed by atoms with E-state index in [1.807, 2.05) is 0 Å². The minimum absolute atomic E-state index is 0.139. The van der Waals surface area contributed by atoms with Crippen molar-refractivity contribution >= 4 is 12.2 Å². The molecule has 0 aromatic heterocycles. The molecule has 1 N–H and O–H groups in total. The highest BCUT2D eigenvalue weighted by Crippen LogP contribution is 2.02. The van der Waals surface area contributed by atoms with Gasteiger partial charge >= 0.3 is 0 Å². The second-order valence-electron chi connectivity index (χ2n) is 2.54. The fourth-order valence-corrected chi connectivity index (χ4v) is 0.962. The lowest BCUT2D eigenvalue weighted by Gasteiger charge is -1.98. The van der Waals surface area contributed by atoms with Gasteiger partial charge in [0.15, 0.2) is 6.29 Å². The molecule has 0 aliphatic rings. The van der Waals surface area contributed by atoms with Crippen molar-refractivity contribution in [1.82, 2.24) is 5.32 Å². The van der Waals surface area contributed by atoms with Crippen LogP contribution in [-0.2, 0) is 4.79 Å². The van der Waals surface area contributed by atoms with Gasteiger partial charge in [0.2, 0.25) is 0 Å². The second kappa shape index (κ2) is 4.83. The summed E-state index contributed by atoms with van der Waals surface area (Å²) in [4.78, 5) is 21.1. The van der Waals surface area contributed by atoms with Crippen LogP contribution in [0, 0.1) is 11.8 Å². The van der Waals surface area contributed by atoms with Crippen LogP contribution in [0.3, 0.4) is 0 Å². The maximum Gasteiger partial charge on any atom is 0.251 e. The zero-order chi connectivity index (χ0) is 10.4. The lowest BCUT2D eigenvalue weighted by Crippen LogP contribution is -2.17. The molecule has 1 amide bonds. The summed E-state index contributed by atoms with van der Waals surface area (Å²) >= 11 is 0. The summed E-state index contributed by atoms with van der Waals surface area (Å²) in [5.74, 6) is 4.79. The minimum Gasteiger partial charge on any atom is -0.355 e.